The van der Waals surface area contributed by atoms with Crippen molar-refractivity contribution in [2.24, 2.45) is 5.92 Å². The van der Waals surface area contributed by atoms with Gasteiger partial charge in [0.15, 0.2) is 0 Å². The first-order valence-corrected chi connectivity index (χ1v) is 13.7. The highest BCUT2D eigenvalue weighted by Gasteiger charge is 2.30. The first kappa shape index (κ1) is 27.6. The summed E-state index contributed by atoms with van der Waals surface area (Å²) in [6.45, 7) is 11.0. The molecule has 1 saturated carbocycles. The third kappa shape index (κ3) is 6.89. The second kappa shape index (κ2) is 12.4. The summed E-state index contributed by atoms with van der Waals surface area (Å²) in [6.07, 6.45) is 5.55. The fourth-order valence-corrected chi connectivity index (χ4v) is 4.35. The number of carbonyl (C=O) groups excluding carboxylic acids is 2. The van der Waals surface area contributed by atoms with E-state index >= 15 is 0 Å². The monoisotopic (exact) mass is 521 g/mol. The summed E-state index contributed by atoms with van der Waals surface area (Å²) in [5.41, 5.74) is 2.70. The summed E-state index contributed by atoms with van der Waals surface area (Å²) in [4.78, 5) is 30.0. The molecule has 0 spiro atoms. The van der Waals surface area contributed by atoms with E-state index in [1.807, 2.05) is 58.0 Å². The molecular weight excluding hydrogens is 482 g/mol. The highest BCUT2D eigenvalue weighted by atomic mass is 16.5. The predicted molar refractivity (Wildman–Crippen MR) is 146 cm³/mol. The molecule has 3 aromatic rings. The van der Waals surface area contributed by atoms with Gasteiger partial charge in [0.05, 0.1) is 31.1 Å². The van der Waals surface area contributed by atoms with Crippen LogP contribution in [0, 0.1) is 5.92 Å². The second-order valence-electron chi connectivity index (χ2n) is 10.3. The van der Waals surface area contributed by atoms with Crippen LogP contribution in [0.5, 0.6) is 0 Å². The molecule has 1 aromatic carbocycles. The third-order valence-electron chi connectivity index (χ3n) is 6.91. The minimum absolute atomic E-state index is 0.0940. The van der Waals surface area contributed by atoms with Gasteiger partial charge in [-0.05, 0) is 70.6 Å². The first-order valence-electron chi connectivity index (χ1n) is 13.7. The van der Waals surface area contributed by atoms with E-state index in [1.54, 1.807) is 4.68 Å². The van der Waals surface area contributed by atoms with Gasteiger partial charge < -0.3 is 19.8 Å². The van der Waals surface area contributed by atoms with Crippen molar-refractivity contribution >= 4 is 11.8 Å². The topological polar surface area (TPSA) is 111 Å². The molecular formula is C29H39N5O4. The summed E-state index contributed by atoms with van der Waals surface area (Å²) in [6, 6.07) is 9.63. The molecule has 0 saturated heterocycles. The molecule has 1 aliphatic carbocycles. The predicted octanol–water partition coefficient (Wildman–Crippen LogP) is 5.08. The third-order valence-corrected chi connectivity index (χ3v) is 6.91. The van der Waals surface area contributed by atoms with E-state index in [4.69, 9.17) is 14.3 Å². The normalized spacial score (nSPS) is 14.2. The Morgan fingerprint density at radius 2 is 1.82 bits per heavy atom. The number of hydrogen-bond acceptors (Lipinski definition) is 6. The summed E-state index contributed by atoms with van der Waals surface area (Å²) in [7, 11) is 0. The molecule has 38 heavy (non-hydrogen) atoms. The Kier molecular flexibility index (Phi) is 8.99. The lowest BCUT2D eigenvalue weighted by Gasteiger charge is -2.14. The molecule has 2 amide bonds. The van der Waals surface area contributed by atoms with Crippen molar-refractivity contribution in [2.45, 2.75) is 85.0 Å². The Bertz CT molecular complexity index is 1240. The van der Waals surface area contributed by atoms with Gasteiger partial charge in [-0.3, -0.25) is 14.3 Å². The smallest absolute Gasteiger partial charge is 0.288 e. The summed E-state index contributed by atoms with van der Waals surface area (Å²) in [5.74, 6) is 0.674. The van der Waals surface area contributed by atoms with Crippen LogP contribution in [-0.4, -0.2) is 51.4 Å². The number of hydrogen-bond donors (Lipinski definition) is 2. The molecule has 1 atom stereocenters. The van der Waals surface area contributed by atoms with Crippen LogP contribution in [0.1, 0.15) is 81.3 Å². The van der Waals surface area contributed by atoms with Crippen LogP contribution in [0.15, 0.2) is 40.9 Å². The van der Waals surface area contributed by atoms with E-state index in [0.29, 0.717) is 36.3 Å². The van der Waals surface area contributed by atoms with E-state index in [-0.39, 0.29) is 35.8 Å². The fraction of sp³-hybridized carbons (Fsp3) is 0.517. The molecule has 2 N–H and O–H groups in total. The molecule has 1 unspecified atom stereocenters. The second-order valence-corrected chi connectivity index (χ2v) is 10.3. The number of rotatable bonds is 13. The van der Waals surface area contributed by atoms with Crippen molar-refractivity contribution in [3.8, 4) is 22.7 Å². The molecule has 4 rings (SSSR count). The highest BCUT2D eigenvalue weighted by molar-refractivity contribution is 5.94. The van der Waals surface area contributed by atoms with E-state index in [0.717, 1.165) is 36.8 Å². The van der Waals surface area contributed by atoms with Crippen LogP contribution in [0.3, 0.4) is 0 Å². The summed E-state index contributed by atoms with van der Waals surface area (Å²) < 4.78 is 13.2. The van der Waals surface area contributed by atoms with Crippen LogP contribution < -0.4 is 10.6 Å². The molecule has 0 bridgehead atoms. The number of aromatic nitrogens is 3. The quantitative estimate of drug-likeness (QED) is 0.325. The van der Waals surface area contributed by atoms with Crippen LogP contribution in [0.4, 0.5) is 0 Å². The highest BCUT2D eigenvalue weighted by Crippen LogP contribution is 2.32. The summed E-state index contributed by atoms with van der Waals surface area (Å²) >= 11 is 0. The number of benzene rings is 1. The Balaban J connectivity index is 1.56. The van der Waals surface area contributed by atoms with Crippen molar-refractivity contribution in [3.05, 3.63) is 48.0 Å². The SMILES string of the molecule is CCC(CC)NC(=O)c1cnc(-c2cccc(-c3cc(C(=O)NC(C)C4CC4)n(CCOC(C)C)n3)c2)o1. The van der Waals surface area contributed by atoms with Crippen LogP contribution in [0.2, 0.25) is 0 Å². The molecule has 9 heteroatoms. The first-order chi connectivity index (χ1) is 18.3. The van der Waals surface area contributed by atoms with Gasteiger partial charge in [0.1, 0.15) is 5.69 Å². The molecule has 9 nitrogen and oxygen atoms in total. The van der Waals surface area contributed by atoms with Crippen molar-refractivity contribution in [2.75, 3.05) is 6.61 Å². The zero-order valence-electron chi connectivity index (χ0n) is 23.0. The van der Waals surface area contributed by atoms with Gasteiger partial charge in [0.2, 0.25) is 11.7 Å². The van der Waals surface area contributed by atoms with Gasteiger partial charge in [-0.15, -0.1) is 0 Å². The zero-order valence-corrected chi connectivity index (χ0v) is 23.0. The number of nitrogens with zero attached hydrogens (tertiary/aromatic N) is 3. The van der Waals surface area contributed by atoms with Crippen molar-refractivity contribution in [1.29, 1.82) is 0 Å². The Labute approximate surface area is 224 Å². The number of carbonyl (C=O) groups is 2. The minimum Gasteiger partial charge on any atom is -0.431 e. The zero-order chi connectivity index (χ0) is 27.2. The summed E-state index contributed by atoms with van der Waals surface area (Å²) in [5, 5.41) is 10.8. The Morgan fingerprint density at radius 1 is 1.08 bits per heavy atom. The van der Waals surface area contributed by atoms with Gasteiger partial charge >= 0.3 is 0 Å². The maximum atomic E-state index is 13.1. The molecule has 1 fully saturated rings. The van der Waals surface area contributed by atoms with Gasteiger partial charge in [-0.1, -0.05) is 26.0 Å². The van der Waals surface area contributed by atoms with E-state index in [9.17, 15) is 9.59 Å². The minimum atomic E-state index is -0.271. The average Bonchev–Trinajstić information content (AvgIpc) is 3.48. The van der Waals surface area contributed by atoms with Crippen molar-refractivity contribution in [1.82, 2.24) is 25.4 Å². The fourth-order valence-electron chi connectivity index (χ4n) is 4.35. The van der Waals surface area contributed by atoms with Gasteiger partial charge in [0.25, 0.3) is 11.8 Å². The van der Waals surface area contributed by atoms with Crippen LogP contribution in [-0.2, 0) is 11.3 Å². The van der Waals surface area contributed by atoms with E-state index in [2.05, 4.69) is 22.5 Å². The molecule has 2 heterocycles. The molecule has 204 valence electrons. The maximum absolute atomic E-state index is 13.1. The molecule has 0 radical (unpaired) electrons. The van der Waals surface area contributed by atoms with Crippen molar-refractivity contribution < 1.29 is 18.7 Å². The van der Waals surface area contributed by atoms with E-state index < -0.39 is 0 Å². The van der Waals surface area contributed by atoms with Crippen LogP contribution >= 0.6 is 0 Å². The number of oxazole rings is 1. The molecule has 0 aliphatic heterocycles. The number of ether oxygens (including phenoxy) is 1. The maximum Gasteiger partial charge on any atom is 0.288 e. The lowest BCUT2D eigenvalue weighted by molar-refractivity contribution is 0.0698. The van der Waals surface area contributed by atoms with Crippen LogP contribution in [0.25, 0.3) is 22.7 Å². The van der Waals surface area contributed by atoms with Gasteiger partial charge in [0, 0.05) is 23.2 Å². The Hall–Kier alpha value is -3.46. The molecule has 1 aliphatic rings. The lowest BCUT2D eigenvalue weighted by Crippen LogP contribution is -2.35. The average molecular weight is 522 g/mol. The number of nitrogens with one attached hydrogen (secondary N) is 2. The van der Waals surface area contributed by atoms with Gasteiger partial charge in [-0.25, -0.2) is 4.98 Å². The molecule has 2 aromatic heterocycles. The van der Waals surface area contributed by atoms with Crippen molar-refractivity contribution in [3.63, 3.8) is 0 Å². The largest absolute Gasteiger partial charge is 0.431 e. The Morgan fingerprint density at radius 3 is 2.50 bits per heavy atom. The van der Waals surface area contributed by atoms with E-state index in [1.165, 1.54) is 6.20 Å². The van der Waals surface area contributed by atoms with Gasteiger partial charge in [-0.2, -0.15) is 5.10 Å². The lowest BCUT2D eigenvalue weighted by atomic mass is 10.1. The number of amides is 2. The standard InChI is InChI=1S/C29H39N5O4/c1-6-23(7-2)32-28(36)26-17-30-29(38-26)22-10-8-9-21(15-22)24-16-25(27(35)31-19(5)20-11-12-20)34(33-24)13-14-37-18(3)4/h8-10,15-20,23H,6-7,11-14H2,1-5H3,(H,31,35)(H,32,36).